The van der Waals surface area contributed by atoms with E-state index in [-0.39, 0.29) is 10.9 Å². The van der Waals surface area contributed by atoms with Gasteiger partial charge in [0.05, 0.1) is 27.4 Å². The first-order valence-corrected chi connectivity index (χ1v) is 14.5. The van der Waals surface area contributed by atoms with Crippen LogP contribution in [0, 0.1) is 13.8 Å². The molecule has 0 aliphatic rings. The maximum Gasteiger partial charge on any atom is 0.388 e. The molecule has 9 heteroatoms. The number of benzene rings is 2. The molecule has 0 aliphatic carbocycles. The summed E-state index contributed by atoms with van der Waals surface area (Å²) in [5, 5.41) is 0.632. The smallest absolute Gasteiger partial charge is 0.388 e. The molecule has 2 aromatic heterocycles. The summed E-state index contributed by atoms with van der Waals surface area (Å²) in [5.74, 6) is -0.211. The molecular weight excluding hydrogens is 460 g/mol. The predicted molar refractivity (Wildman–Crippen MR) is 132 cm³/mol. The molecule has 0 saturated carbocycles. The Balaban J connectivity index is 1.80. The maximum atomic E-state index is 12.6. The van der Waals surface area contributed by atoms with E-state index in [1.165, 1.54) is 11.8 Å². The van der Waals surface area contributed by atoms with E-state index in [4.69, 9.17) is 4.98 Å². The van der Waals surface area contributed by atoms with E-state index in [0.717, 1.165) is 38.3 Å². The van der Waals surface area contributed by atoms with Gasteiger partial charge in [-0.25, -0.2) is 15.0 Å². The summed E-state index contributed by atoms with van der Waals surface area (Å²) in [5.41, 5.74) is 6.00. The molecule has 0 amide bonds. The average Bonchev–Trinajstić information content (AvgIpc) is 3.10. The molecule has 0 aliphatic heterocycles. The molecule has 0 bridgehead atoms. The van der Waals surface area contributed by atoms with Crippen molar-refractivity contribution in [3.8, 4) is 16.5 Å². The van der Waals surface area contributed by atoms with E-state index in [1.54, 1.807) is 17.4 Å². The van der Waals surface area contributed by atoms with Crippen LogP contribution in [0.3, 0.4) is 0 Å². The van der Waals surface area contributed by atoms with E-state index in [0.29, 0.717) is 11.0 Å². The fourth-order valence-electron chi connectivity index (χ4n) is 3.77. The third kappa shape index (κ3) is 4.76. The normalized spacial score (nSPS) is 12.8. The van der Waals surface area contributed by atoms with Gasteiger partial charge in [-0.1, -0.05) is 19.9 Å². The van der Waals surface area contributed by atoms with E-state index < -0.39 is 14.9 Å². The van der Waals surface area contributed by atoms with Gasteiger partial charge in [0.25, 0.3) is 0 Å². The molecule has 4 rings (SSSR count). The molecular formula is C24H27F2N3O2SSi. The predicted octanol–water partition coefficient (Wildman–Crippen LogP) is 6.64. The fourth-order valence-corrected chi connectivity index (χ4v) is 5.53. The van der Waals surface area contributed by atoms with Gasteiger partial charge >= 0.3 is 6.61 Å². The first-order chi connectivity index (χ1) is 15.3. The number of nitrogens with zero attached hydrogens (tertiary/aromatic N) is 3. The van der Waals surface area contributed by atoms with Crippen LogP contribution in [0.4, 0.5) is 8.78 Å². The lowest BCUT2D eigenvalue weighted by Gasteiger charge is -2.35. The molecule has 0 radical (unpaired) electrons. The van der Waals surface area contributed by atoms with Crippen molar-refractivity contribution in [2.45, 2.75) is 58.9 Å². The van der Waals surface area contributed by atoms with Gasteiger partial charge in [0.1, 0.15) is 5.01 Å². The van der Waals surface area contributed by atoms with E-state index in [9.17, 15) is 13.6 Å². The maximum absolute atomic E-state index is 12.6. The molecule has 1 N–H and O–H groups in total. The Morgan fingerprint density at radius 1 is 1.09 bits per heavy atom. The van der Waals surface area contributed by atoms with Gasteiger partial charge in [-0.2, -0.15) is 8.78 Å². The second kappa shape index (κ2) is 8.38. The molecule has 174 valence electrons. The Kier molecular flexibility index (Phi) is 6.00. The topological polar surface area (TPSA) is 68.1 Å². The average molecular weight is 488 g/mol. The number of hydrogen-bond donors (Lipinski definition) is 1. The minimum absolute atomic E-state index is 0.166. The van der Waals surface area contributed by atoms with Crippen molar-refractivity contribution in [1.82, 2.24) is 15.0 Å². The number of aromatic nitrogens is 3. The Labute approximate surface area is 196 Å². The van der Waals surface area contributed by atoms with Gasteiger partial charge in [0, 0.05) is 5.56 Å². The number of ether oxygens (including phenoxy) is 1. The Hall–Kier alpha value is -2.49. The molecule has 2 heterocycles. The minimum atomic E-state index is -2.95. The summed E-state index contributed by atoms with van der Waals surface area (Å²) < 4.78 is 30.7. The van der Waals surface area contributed by atoms with Crippen molar-refractivity contribution in [3.05, 3.63) is 47.2 Å². The Bertz CT molecular complexity index is 1350. The van der Waals surface area contributed by atoms with Crippen LogP contribution in [0.1, 0.15) is 30.5 Å². The van der Waals surface area contributed by atoms with Crippen LogP contribution in [0.5, 0.6) is 5.88 Å². The zero-order chi connectivity index (χ0) is 24.1. The summed E-state index contributed by atoms with van der Waals surface area (Å²) in [6.07, 6.45) is 2.01. The number of hydrogen-bond acceptors (Lipinski definition) is 6. The highest BCUT2D eigenvalue weighted by molar-refractivity contribution is 7.21. The number of fused-ring (bicyclic) bond motifs is 2. The molecule has 0 fully saturated rings. The van der Waals surface area contributed by atoms with E-state index in [2.05, 4.69) is 40.7 Å². The summed E-state index contributed by atoms with van der Waals surface area (Å²) in [7, 11) is -2.34. The zero-order valence-corrected chi connectivity index (χ0v) is 21.3. The Morgan fingerprint density at radius 2 is 1.82 bits per heavy atom. The van der Waals surface area contributed by atoms with Crippen LogP contribution in [0.2, 0.25) is 18.1 Å². The van der Waals surface area contributed by atoms with E-state index in [1.807, 2.05) is 33.0 Å². The van der Waals surface area contributed by atoms with Crippen LogP contribution >= 0.6 is 11.3 Å². The highest BCUT2D eigenvalue weighted by Crippen LogP contribution is 2.41. The van der Waals surface area contributed by atoms with Gasteiger partial charge in [-0.05, 0) is 73.3 Å². The van der Waals surface area contributed by atoms with Crippen LogP contribution in [-0.2, 0) is 6.42 Å². The first-order valence-electron chi connectivity index (χ1n) is 10.7. The number of thiazole rings is 1. The lowest BCUT2D eigenvalue weighted by atomic mass is 10.00. The summed E-state index contributed by atoms with van der Waals surface area (Å²) in [4.78, 5) is 24.2. The largest absolute Gasteiger partial charge is 0.432 e. The lowest BCUT2D eigenvalue weighted by Crippen LogP contribution is -2.40. The molecule has 0 spiro atoms. The lowest BCUT2D eigenvalue weighted by molar-refractivity contribution is -0.0528. The SMILES string of the molecule is Cc1cc(-c2nc3c(C)cc(CC(C)(C)[Si](C)(C)O)cc3s2)c2ncc(OC(F)F)nc2c1. The fraction of sp³-hybridized carbons (Fsp3) is 0.375. The van der Waals surface area contributed by atoms with Crippen molar-refractivity contribution < 1.29 is 18.3 Å². The quantitative estimate of drug-likeness (QED) is 0.309. The molecule has 5 nitrogen and oxygen atoms in total. The van der Waals surface area contributed by atoms with Gasteiger partial charge in [0.2, 0.25) is 5.88 Å². The number of rotatable bonds is 6. The molecule has 2 aromatic carbocycles. The van der Waals surface area contributed by atoms with Crippen molar-refractivity contribution in [1.29, 1.82) is 0 Å². The van der Waals surface area contributed by atoms with E-state index >= 15 is 0 Å². The highest BCUT2D eigenvalue weighted by Gasteiger charge is 2.38. The summed E-state index contributed by atoms with van der Waals surface area (Å²) >= 11 is 1.57. The zero-order valence-electron chi connectivity index (χ0n) is 19.5. The van der Waals surface area contributed by atoms with Crippen LogP contribution in [0.25, 0.3) is 31.8 Å². The monoisotopic (exact) mass is 487 g/mol. The third-order valence-corrected chi connectivity index (χ3v) is 10.8. The molecule has 33 heavy (non-hydrogen) atoms. The standard InChI is InChI=1S/C24H27F2N3O2SSi/c1-13-7-16(21-17(8-13)28-19(12-27-21)31-23(25)26)22-29-20-14(2)9-15(10-18(20)32-22)11-24(3,4)33(5,6)30/h7-10,12,23,30H,11H2,1-6H3. The van der Waals surface area contributed by atoms with Gasteiger partial charge in [-0.3, -0.25) is 0 Å². The van der Waals surface area contributed by atoms with Crippen molar-refractivity contribution >= 4 is 40.9 Å². The molecule has 0 atom stereocenters. The van der Waals surface area contributed by atoms with Crippen LogP contribution in [-0.4, -0.2) is 34.7 Å². The van der Waals surface area contributed by atoms with Crippen LogP contribution < -0.4 is 4.74 Å². The number of alkyl halides is 2. The van der Waals surface area contributed by atoms with Gasteiger partial charge in [-0.15, -0.1) is 11.3 Å². The second-order valence-corrected chi connectivity index (χ2v) is 15.2. The van der Waals surface area contributed by atoms with Crippen molar-refractivity contribution in [3.63, 3.8) is 0 Å². The third-order valence-electron chi connectivity index (χ3n) is 6.26. The van der Waals surface area contributed by atoms with Crippen molar-refractivity contribution in [2.24, 2.45) is 0 Å². The molecule has 4 aromatic rings. The van der Waals surface area contributed by atoms with Gasteiger partial charge < -0.3 is 9.53 Å². The Morgan fingerprint density at radius 3 is 2.48 bits per heavy atom. The molecule has 0 saturated heterocycles. The highest BCUT2D eigenvalue weighted by atomic mass is 32.1. The number of aryl methyl sites for hydroxylation is 2. The molecule has 0 unspecified atom stereocenters. The van der Waals surface area contributed by atoms with Gasteiger partial charge in [0.15, 0.2) is 8.32 Å². The van der Waals surface area contributed by atoms with Crippen molar-refractivity contribution in [2.75, 3.05) is 0 Å². The second-order valence-electron chi connectivity index (χ2n) is 9.67. The first kappa shape index (κ1) is 23.7. The summed E-state index contributed by atoms with van der Waals surface area (Å²) in [6.45, 7) is 9.22. The minimum Gasteiger partial charge on any atom is -0.432 e. The summed E-state index contributed by atoms with van der Waals surface area (Å²) in [6, 6.07) is 8.09. The van der Waals surface area contributed by atoms with Crippen LogP contribution in [0.15, 0.2) is 30.5 Å². The number of halogens is 2.